The van der Waals surface area contributed by atoms with Gasteiger partial charge in [0, 0.05) is 52.8 Å². The average molecular weight is 671 g/mol. The molecule has 7 heteroatoms. The van der Waals surface area contributed by atoms with E-state index in [2.05, 4.69) is 63.6 Å². The molecule has 0 N–H and O–H groups in total. The highest BCUT2D eigenvalue weighted by Gasteiger charge is 2.48. The maximum atomic E-state index is 11.4. The van der Waals surface area contributed by atoms with Gasteiger partial charge in [-0.3, -0.25) is 0 Å². The number of carbonyl (C=O) groups is 1. The summed E-state index contributed by atoms with van der Waals surface area (Å²) in [6.07, 6.45) is 8.10. The average Bonchev–Trinajstić information content (AvgIpc) is 3.32. The molecule has 1 aliphatic heterocycles. The van der Waals surface area contributed by atoms with Crippen molar-refractivity contribution >= 4 is 28.9 Å². The molecule has 1 heterocycles. The van der Waals surface area contributed by atoms with Gasteiger partial charge in [0.2, 0.25) is 0 Å². The molecule has 0 spiro atoms. The van der Waals surface area contributed by atoms with Crippen LogP contribution in [0.15, 0.2) is 60.7 Å². The highest BCUT2D eigenvalue weighted by atomic mass is 127. The van der Waals surface area contributed by atoms with Crippen LogP contribution in [0.4, 0.5) is 0 Å². The van der Waals surface area contributed by atoms with E-state index in [-0.39, 0.29) is 30.1 Å². The largest absolute Gasteiger partial charge is 0.497 e. The number of benzene rings is 2. The van der Waals surface area contributed by atoms with Crippen molar-refractivity contribution in [2.75, 3.05) is 14.2 Å². The lowest BCUT2D eigenvalue weighted by atomic mass is 9.70. The summed E-state index contributed by atoms with van der Waals surface area (Å²) in [6, 6.07) is 15.8. The number of fused-ring (bicyclic) bond motifs is 1. The van der Waals surface area contributed by atoms with Gasteiger partial charge in [0.05, 0.1) is 39.1 Å². The second-order valence-corrected chi connectivity index (χ2v) is 11.9. The molecule has 2 fully saturated rings. The van der Waals surface area contributed by atoms with E-state index in [1.54, 1.807) is 14.2 Å². The molecule has 0 radical (unpaired) electrons. The predicted molar refractivity (Wildman–Crippen MR) is 166 cm³/mol. The highest BCUT2D eigenvalue weighted by Crippen LogP contribution is 2.50. The zero-order chi connectivity index (χ0) is 28.8. The number of methoxy groups -OCH3 is 2. The van der Waals surface area contributed by atoms with E-state index in [1.165, 1.54) is 0 Å². The zero-order valence-electron chi connectivity index (χ0n) is 23.9. The fourth-order valence-corrected chi connectivity index (χ4v) is 7.16. The predicted octanol–water partition coefficient (Wildman–Crippen LogP) is 6.91. The fourth-order valence-electron chi connectivity index (χ4n) is 6.80. The second-order valence-electron chi connectivity index (χ2n) is 11.4. The summed E-state index contributed by atoms with van der Waals surface area (Å²) in [4.78, 5) is 11.4. The van der Waals surface area contributed by atoms with Crippen molar-refractivity contribution in [3.05, 3.63) is 71.8 Å². The number of halogens is 1. The molecule has 9 atom stereocenters. The molecular weight excluding hydrogens is 631 g/mol. The lowest BCUT2D eigenvalue weighted by molar-refractivity contribution is -0.250. The van der Waals surface area contributed by atoms with Crippen molar-refractivity contribution < 1.29 is 28.5 Å². The highest BCUT2D eigenvalue weighted by molar-refractivity contribution is 14.1. The van der Waals surface area contributed by atoms with Crippen LogP contribution in [0.2, 0.25) is 0 Å². The molecule has 0 amide bonds. The Morgan fingerprint density at radius 2 is 1.63 bits per heavy atom. The topological polar surface area (TPSA) is 63.2 Å². The van der Waals surface area contributed by atoms with Crippen LogP contribution in [0.25, 0.3) is 0 Å². The third kappa shape index (κ3) is 7.16. The number of ether oxygens (including phenoxy) is 5. The molecule has 41 heavy (non-hydrogen) atoms. The molecule has 1 saturated heterocycles. The Morgan fingerprint density at radius 3 is 2.29 bits per heavy atom. The maximum Gasteiger partial charge on any atom is 0.184 e. The van der Waals surface area contributed by atoms with Crippen LogP contribution in [0.1, 0.15) is 50.0 Å². The Kier molecular flexibility index (Phi) is 10.4. The standard InChI is InChI=1S/C34H39IO6/c1-22-18-32-30(14-16-35)25(8-13-31(32)33(22)39-21-23-4-9-26(37-2)10-5-23)19-29-20-28(15-17-36)40-34(41-29)24-6-11-27(38-3)12-7-24/h4-13,17,22,25,28-34H,15,18-21H2,1-3H3/t22-,25+,28-,29+,30-,31-,32+,33-,34-/m1/s1. The molecule has 2 aromatic carbocycles. The van der Waals surface area contributed by atoms with Gasteiger partial charge in [0.1, 0.15) is 17.8 Å². The normalized spacial score (nSPS) is 32.4. The molecule has 5 rings (SSSR count). The molecule has 0 bridgehead atoms. The van der Waals surface area contributed by atoms with Crippen LogP contribution in [-0.2, 0) is 25.6 Å². The van der Waals surface area contributed by atoms with Crippen molar-refractivity contribution in [1.82, 2.24) is 0 Å². The molecular formula is C34H39IO6. The Morgan fingerprint density at radius 1 is 0.951 bits per heavy atom. The number of hydrogen-bond acceptors (Lipinski definition) is 6. The van der Waals surface area contributed by atoms with Crippen molar-refractivity contribution in [3.63, 3.8) is 0 Å². The first-order chi connectivity index (χ1) is 20.0. The van der Waals surface area contributed by atoms with E-state index >= 15 is 0 Å². The third-order valence-corrected chi connectivity index (χ3v) is 9.16. The quantitative estimate of drug-likeness (QED) is 0.119. The summed E-state index contributed by atoms with van der Waals surface area (Å²) < 4.78 is 33.0. The lowest BCUT2D eigenvalue weighted by Crippen LogP contribution is -2.38. The van der Waals surface area contributed by atoms with Gasteiger partial charge in [-0.25, -0.2) is 0 Å². The molecule has 0 aromatic heterocycles. The van der Waals surface area contributed by atoms with Crippen molar-refractivity contribution in [1.29, 1.82) is 0 Å². The smallest absolute Gasteiger partial charge is 0.184 e. The molecule has 6 nitrogen and oxygen atoms in total. The van der Waals surface area contributed by atoms with E-state index in [4.69, 9.17) is 23.7 Å². The van der Waals surface area contributed by atoms with Gasteiger partial charge in [-0.2, -0.15) is 0 Å². The number of rotatable bonds is 10. The van der Waals surface area contributed by atoms with Gasteiger partial charge in [0.15, 0.2) is 6.29 Å². The molecule has 3 aliphatic rings. The van der Waals surface area contributed by atoms with Crippen LogP contribution in [0.5, 0.6) is 11.5 Å². The SMILES string of the molecule is COc1ccc(CO[C@H]2[C@@H]3C=C[C@@H](C[C@H]4C[C@@H](CC=O)O[C@@H](c5ccc(OC)cc5)O4)[C@@H](C#CI)[C@@H]3C[C@H]2C)cc1. The van der Waals surface area contributed by atoms with Crippen molar-refractivity contribution in [2.24, 2.45) is 29.6 Å². The van der Waals surface area contributed by atoms with Gasteiger partial charge in [-0.05, 0) is 64.4 Å². The monoisotopic (exact) mass is 670 g/mol. The number of carbonyl (C=O) groups excluding carboxylic acids is 1. The third-order valence-electron chi connectivity index (χ3n) is 8.84. The van der Waals surface area contributed by atoms with Crippen LogP contribution in [0.3, 0.4) is 0 Å². The lowest BCUT2D eigenvalue weighted by Gasteiger charge is -2.40. The van der Waals surface area contributed by atoms with Gasteiger partial charge in [-0.1, -0.05) is 49.3 Å². The Balaban J connectivity index is 1.29. The van der Waals surface area contributed by atoms with Crippen molar-refractivity contribution in [2.45, 2.75) is 63.8 Å². The van der Waals surface area contributed by atoms with Crippen molar-refractivity contribution in [3.8, 4) is 21.3 Å². The molecule has 1 saturated carbocycles. The molecule has 2 aliphatic carbocycles. The van der Waals surface area contributed by atoms with Crippen LogP contribution >= 0.6 is 22.6 Å². The van der Waals surface area contributed by atoms with E-state index < -0.39 is 6.29 Å². The Bertz CT molecular complexity index is 1230. The maximum absolute atomic E-state index is 11.4. The van der Waals surface area contributed by atoms with Crippen LogP contribution in [0, 0.1) is 39.4 Å². The van der Waals surface area contributed by atoms with E-state index in [0.29, 0.717) is 37.2 Å². The summed E-state index contributed by atoms with van der Waals surface area (Å²) in [7, 11) is 3.33. The number of allylic oxidation sites excluding steroid dienone is 1. The van der Waals surface area contributed by atoms with Gasteiger partial charge >= 0.3 is 0 Å². The van der Waals surface area contributed by atoms with Gasteiger partial charge in [-0.15, -0.1) is 0 Å². The first-order valence-corrected chi connectivity index (χ1v) is 15.5. The van der Waals surface area contributed by atoms with Crippen LogP contribution in [-0.4, -0.2) is 38.8 Å². The molecule has 218 valence electrons. The minimum atomic E-state index is -0.513. The molecule has 2 aromatic rings. The Labute approximate surface area is 257 Å². The minimum absolute atomic E-state index is 0.0357. The summed E-state index contributed by atoms with van der Waals surface area (Å²) in [5.74, 6) is 6.93. The minimum Gasteiger partial charge on any atom is -0.497 e. The fraction of sp³-hybridized carbons (Fsp3) is 0.500. The second kappa shape index (κ2) is 14.2. The summed E-state index contributed by atoms with van der Waals surface area (Å²) >= 11 is 2.17. The summed E-state index contributed by atoms with van der Waals surface area (Å²) in [5, 5.41) is 0. The van der Waals surface area contributed by atoms with Crippen LogP contribution < -0.4 is 9.47 Å². The number of aldehydes is 1. The van der Waals surface area contributed by atoms with E-state index in [1.807, 2.05) is 36.4 Å². The molecule has 0 unspecified atom stereocenters. The zero-order valence-corrected chi connectivity index (χ0v) is 26.1. The Hall–Kier alpha value is -2.38. The first kappa shape index (κ1) is 30.1. The summed E-state index contributed by atoms with van der Waals surface area (Å²) in [5.41, 5.74) is 2.08. The first-order valence-electron chi connectivity index (χ1n) is 14.5. The van der Waals surface area contributed by atoms with Gasteiger partial charge < -0.3 is 28.5 Å². The number of hydrogen-bond donors (Lipinski definition) is 0. The van der Waals surface area contributed by atoms with Gasteiger partial charge in [0.25, 0.3) is 0 Å². The summed E-state index contributed by atoms with van der Waals surface area (Å²) in [6.45, 7) is 2.89. The van der Waals surface area contributed by atoms with E-state index in [0.717, 1.165) is 41.8 Å². The van der Waals surface area contributed by atoms with E-state index in [9.17, 15) is 4.79 Å².